The highest BCUT2D eigenvalue weighted by molar-refractivity contribution is 6.04. The van der Waals surface area contributed by atoms with Crippen LogP contribution < -0.4 is 4.74 Å². The summed E-state index contributed by atoms with van der Waals surface area (Å²) in [6, 6.07) is 13.1. The van der Waals surface area contributed by atoms with Gasteiger partial charge in [-0.25, -0.2) is 4.39 Å². The second kappa shape index (κ2) is 7.20. The van der Waals surface area contributed by atoms with Crippen LogP contribution in [0.5, 0.6) is 5.75 Å². The Morgan fingerprint density at radius 1 is 1.00 bits per heavy atom. The number of carbonyl (C=O) groups is 1. The third kappa shape index (κ3) is 4.42. The summed E-state index contributed by atoms with van der Waals surface area (Å²) in [5.74, 6) is 0.290. The maximum atomic E-state index is 12.7. The van der Waals surface area contributed by atoms with Crippen molar-refractivity contribution in [3.05, 3.63) is 83.7 Å². The molecule has 0 aliphatic carbocycles. The van der Waals surface area contributed by atoms with Crippen LogP contribution in [0.4, 0.5) is 4.39 Å². The van der Waals surface area contributed by atoms with E-state index >= 15 is 0 Å². The molecule has 0 saturated carbocycles. The standard InChI is InChI=1S/C18H15FO2/c1-21-17-12-6-14(7-13-17)4-2-3-5-18(20)15-8-10-16(19)11-9-15/h2-13H,1H3/b4-2+,5-3+. The Labute approximate surface area is 123 Å². The molecule has 0 aliphatic rings. The number of rotatable bonds is 5. The van der Waals surface area contributed by atoms with E-state index in [1.165, 1.54) is 30.3 Å². The fourth-order valence-corrected chi connectivity index (χ4v) is 1.74. The van der Waals surface area contributed by atoms with Gasteiger partial charge in [0.15, 0.2) is 5.78 Å². The van der Waals surface area contributed by atoms with Gasteiger partial charge in [-0.05, 0) is 48.0 Å². The molecule has 0 heterocycles. The normalized spacial score (nSPS) is 11.1. The van der Waals surface area contributed by atoms with Crippen molar-refractivity contribution >= 4 is 11.9 Å². The van der Waals surface area contributed by atoms with Gasteiger partial charge in [0.1, 0.15) is 11.6 Å². The zero-order valence-electron chi connectivity index (χ0n) is 11.6. The van der Waals surface area contributed by atoms with Crippen LogP contribution in [-0.2, 0) is 0 Å². The van der Waals surface area contributed by atoms with E-state index in [1.807, 2.05) is 30.3 Å². The number of benzene rings is 2. The highest BCUT2D eigenvalue weighted by atomic mass is 19.1. The highest BCUT2D eigenvalue weighted by Crippen LogP contribution is 2.12. The quantitative estimate of drug-likeness (QED) is 0.464. The van der Waals surface area contributed by atoms with Crippen molar-refractivity contribution in [3.8, 4) is 5.75 Å². The van der Waals surface area contributed by atoms with E-state index in [0.717, 1.165) is 11.3 Å². The maximum Gasteiger partial charge on any atom is 0.185 e. The average molecular weight is 282 g/mol. The molecule has 21 heavy (non-hydrogen) atoms. The average Bonchev–Trinajstić information content (AvgIpc) is 2.52. The minimum atomic E-state index is -0.352. The lowest BCUT2D eigenvalue weighted by molar-refractivity contribution is 0.104. The summed E-state index contributed by atoms with van der Waals surface area (Å²) in [4.78, 5) is 11.8. The first kappa shape index (κ1) is 14.7. The van der Waals surface area contributed by atoms with Crippen LogP contribution in [0.1, 0.15) is 15.9 Å². The topological polar surface area (TPSA) is 26.3 Å². The fraction of sp³-hybridized carbons (Fsp3) is 0.0556. The number of ketones is 1. The second-order valence-corrected chi connectivity index (χ2v) is 4.36. The zero-order chi connectivity index (χ0) is 15.1. The number of carbonyl (C=O) groups excluding carboxylic acids is 1. The number of ether oxygens (including phenoxy) is 1. The summed E-state index contributed by atoms with van der Waals surface area (Å²) in [5.41, 5.74) is 1.47. The molecule has 0 aliphatic heterocycles. The Bertz CT molecular complexity index is 653. The molecule has 106 valence electrons. The van der Waals surface area contributed by atoms with E-state index in [4.69, 9.17) is 4.74 Å². The Kier molecular flexibility index (Phi) is 5.04. The van der Waals surface area contributed by atoms with E-state index in [1.54, 1.807) is 19.3 Å². The van der Waals surface area contributed by atoms with E-state index in [9.17, 15) is 9.18 Å². The fourth-order valence-electron chi connectivity index (χ4n) is 1.74. The van der Waals surface area contributed by atoms with Crippen molar-refractivity contribution in [2.45, 2.75) is 0 Å². The summed E-state index contributed by atoms with van der Waals surface area (Å²) in [6.07, 6.45) is 6.78. The number of methoxy groups -OCH3 is 1. The van der Waals surface area contributed by atoms with Crippen LogP contribution >= 0.6 is 0 Å². The van der Waals surface area contributed by atoms with Crippen molar-refractivity contribution < 1.29 is 13.9 Å². The van der Waals surface area contributed by atoms with Gasteiger partial charge in [0.05, 0.1) is 7.11 Å². The number of hydrogen-bond acceptors (Lipinski definition) is 2. The van der Waals surface area contributed by atoms with Crippen LogP contribution in [0.2, 0.25) is 0 Å². The summed E-state index contributed by atoms with van der Waals surface area (Å²) in [6.45, 7) is 0. The molecule has 0 amide bonds. The summed E-state index contributed by atoms with van der Waals surface area (Å²) < 4.78 is 17.8. The third-order valence-corrected chi connectivity index (χ3v) is 2.89. The van der Waals surface area contributed by atoms with Gasteiger partial charge in [-0.15, -0.1) is 0 Å². The molecule has 2 aromatic carbocycles. The Balaban J connectivity index is 1.96. The van der Waals surface area contributed by atoms with Gasteiger partial charge in [-0.1, -0.05) is 30.4 Å². The van der Waals surface area contributed by atoms with Crippen molar-refractivity contribution in [3.63, 3.8) is 0 Å². The minimum absolute atomic E-state index is 0.158. The predicted molar refractivity (Wildman–Crippen MR) is 81.9 cm³/mol. The van der Waals surface area contributed by atoms with Gasteiger partial charge < -0.3 is 4.74 Å². The lowest BCUT2D eigenvalue weighted by atomic mass is 10.1. The van der Waals surface area contributed by atoms with Crippen LogP contribution in [0.3, 0.4) is 0 Å². The van der Waals surface area contributed by atoms with Crippen molar-refractivity contribution in [2.24, 2.45) is 0 Å². The van der Waals surface area contributed by atoms with E-state index in [2.05, 4.69) is 0 Å². The third-order valence-electron chi connectivity index (χ3n) is 2.89. The van der Waals surface area contributed by atoms with Crippen LogP contribution in [-0.4, -0.2) is 12.9 Å². The smallest absolute Gasteiger partial charge is 0.185 e. The minimum Gasteiger partial charge on any atom is -0.497 e. The van der Waals surface area contributed by atoms with Crippen LogP contribution in [0, 0.1) is 5.82 Å². The molecule has 0 saturated heterocycles. The van der Waals surface area contributed by atoms with Gasteiger partial charge in [-0.2, -0.15) is 0 Å². The molecule has 2 nitrogen and oxygen atoms in total. The molecule has 0 spiro atoms. The lowest BCUT2D eigenvalue weighted by Crippen LogP contribution is -1.93. The summed E-state index contributed by atoms with van der Waals surface area (Å²) >= 11 is 0. The molecular formula is C18H15FO2. The summed E-state index contributed by atoms with van der Waals surface area (Å²) in [5, 5.41) is 0. The first-order valence-corrected chi connectivity index (χ1v) is 6.48. The molecule has 0 fully saturated rings. The molecule has 0 aromatic heterocycles. The van der Waals surface area contributed by atoms with Gasteiger partial charge in [-0.3, -0.25) is 4.79 Å². The molecule has 3 heteroatoms. The van der Waals surface area contributed by atoms with Crippen LogP contribution in [0.25, 0.3) is 6.08 Å². The van der Waals surface area contributed by atoms with Crippen LogP contribution in [0.15, 0.2) is 66.8 Å². The molecule has 0 N–H and O–H groups in total. The van der Waals surface area contributed by atoms with E-state index in [-0.39, 0.29) is 11.6 Å². The van der Waals surface area contributed by atoms with Gasteiger partial charge in [0, 0.05) is 5.56 Å². The molecule has 2 aromatic rings. The molecular weight excluding hydrogens is 267 g/mol. The molecule has 0 radical (unpaired) electrons. The predicted octanol–water partition coefficient (Wildman–Crippen LogP) is 4.29. The van der Waals surface area contributed by atoms with Gasteiger partial charge in [0.25, 0.3) is 0 Å². The van der Waals surface area contributed by atoms with E-state index in [0.29, 0.717) is 5.56 Å². The first-order chi connectivity index (χ1) is 10.2. The Hall–Kier alpha value is -2.68. The summed E-state index contributed by atoms with van der Waals surface area (Å²) in [7, 11) is 1.62. The number of allylic oxidation sites excluding steroid dienone is 3. The Morgan fingerprint density at radius 2 is 1.67 bits per heavy atom. The SMILES string of the molecule is COc1ccc(/C=C/C=C/C(=O)c2ccc(F)cc2)cc1. The lowest BCUT2D eigenvalue weighted by Gasteiger charge is -1.98. The van der Waals surface area contributed by atoms with Crippen molar-refractivity contribution in [1.82, 2.24) is 0 Å². The van der Waals surface area contributed by atoms with Crippen molar-refractivity contribution in [2.75, 3.05) is 7.11 Å². The Morgan fingerprint density at radius 3 is 2.29 bits per heavy atom. The number of hydrogen-bond donors (Lipinski definition) is 0. The second-order valence-electron chi connectivity index (χ2n) is 4.36. The first-order valence-electron chi connectivity index (χ1n) is 6.48. The highest BCUT2D eigenvalue weighted by Gasteiger charge is 2.00. The zero-order valence-corrected chi connectivity index (χ0v) is 11.6. The largest absolute Gasteiger partial charge is 0.497 e. The number of halogens is 1. The molecule has 0 bridgehead atoms. The van der Waals surface area contributed by atoms with Gasteiger partial charge >= 0.3 is 0 Å². The maximum absolute atomic E-state index is 12.7. The molecule has 0 unspecified atom stereocenters. The molecule has 0 atom stereocenters. The van der Waals surface area contributed by atoms with Gasteiger partial charge in [0.2, 0.25) is 0 Å². The monoisotopic (exact) mass is 282 g/mol. The van der Waals surface area contributed by atoms with E-state index < -0.39 is 0 Å². The molecule has 2 rings (SSSR count). The van der Waals surface area contributed by atoms with Crippen molar-refractivity contribution in [1.29, 1.82) is 0 Å².